The van der Waals surface area contributed by atoms with Crippen molar-refractivity contribution in [3.8, 4) is 11.9 Å². The largest absolute Gasteiger partial charge is 0.481 e. The number of ether oxygens (including phenoxy) is 1. The van der Waals surface area contributed by atoms with E-state index >= 15 is 0 Å². The smallest absolute Gasteiger partial charge is 0.212 e. The average Bonchev–Trinajstić information content (AvgIpc) is 3.39. The highest BCUT2D eigenvalue weighted by molar-refractivity contribution is 6.08. The van der Waals surface area contributed by atoms with Crippen LogP contribution in [-0.4, -0.2) is 84.4 Å². The number of pyridine rings is 2. The number of allylic oxidation sites excluding steroid dienone is 1. The van der Waals surface area contributed by atoms with Gasteiger partial charge in [-0.25, -0.2) is 15.0 Å². The number of nitrogens with zero attached hydrogens (tertiary/aromatic N) is 9. The quantitative estimate of drug-likeness (QED) is 0.558. The number of hydrazone groups is 1. The molecule has 194 valence electrons. The Hall–Kier alpha value is -4.56. The molecule has 2 atom stereocenters. The first kappa shape index (κ1) is 25.1. The summed E-state index contributed by atoms with van der Waals surface area (Å²) in [6.07, 6.45) is 10.3. The van der Waals surface area contributed by atoms with Crippen LogP contribution in [0, 0.1) is 17.2 Å². The number of hydrogen-bond acceptors (Lipinski definition) is 11. The number of rotatable bonds is 7. The van der Waals surface area contributed by atoms with E-state index in [1.54, 1.807) is 37.8 Å². The molecule has 3 aliphatic rings. The number of anilines is 1. The van der Waals surface area contributed by atoms with E-state index < -0.39 is 5.92 Å². The second-order valence-electron chi connectivity index (χ2n) is 9.14. The molecule has 2 aromatic rings. The zero-order valence-corrected chi connectivity index (χ0v) is 21.5. The SMILES string of the molecule is CN=CC(=CN)C1=CN2N=CC(C#N)C2C(c2ccc(N3CCN(Cc4ccc(OC)nc4)CC3)nc2)=N1. The predicted molar refractivity (Wildman–Crippen MR) is 147 cm³/mol. The van der Waals surface area contributed by atoms with Crippen LogP contribution in [-0.2, 0) is 6.54 Å². The van der Waals surface area contributed by atoms with Crippen LogP contribution in [0.5, 0.6) is 5.88 Å². The molecule has 0 spiro atoms. The molecule has 0 saturated carbocycles. The van der Waals surface area contributed by atoms with Crippen molar-refractivity contribution in [1.29, 1.82) is 5.26 Å². The van der Waals surface area contributed by atoms with Gasteiger partial charge >= 0.3 is 0 Å². The number of fused-ring (bicyclic) bond motifs is 1. The Balaban J connectivity index is 1.29. The fourth-order valence-electron chi connectivity index (χ4n) is 4.78. The van der Waals surface area contributed by atoms with Crippen LogP contribution in [0.3, 0.4) is 0 Å². The number of aliphatic imine (C=N–C) groups is 2. The molecule has 0 aliphatic carbocycles. The second kappa shape index (κ2) is 11.2. The summed E-state index contributed by atoms with van der Waals surface area (Å²) in [5.74, 6) is 1.14. The van der Waals surface area contributed by atoms with Gasteiger partial charge in [0.25, 0.3) is 0 Å². The van der Waals surface area contributed by atoms with E-state index in [1.165, 1.54) is 11.8 Å². The summed E-state index contributed by atoms with van der Waals surface area (Å²) in [7, 11) is 3.30. The molecule has 3 aliphatic heterocycles. The van der Waals surface area contributed by atoms with Crippen LogP contribution in [0.25, 0.3) is 0 Å². The summed E-state index contributed by atoms with van der Waals surface area (Å²) in [6.45, 7) is 4.48. The lowest BCUT2D eigenvalue weighted by Crippen LogP contribution is -2.46. The van der Waals surface area contributed by atoms with Crippen molar-refractivity contribution in [3.63, 3.8) is 0 Å². The molecule has 2 aromatic heterocycles. The summed E-state index contributed by atoms with van der Waals surface area (Å²) in [5, 5.41) is 15.9. The van der Waals surface area contributed by atoms with Crippen molar-refractivity contribution in [2.75, 3.05) is 45.2 Å². The van der Waals surface area contributed by atoms with Gasteiger partial charge in [-0.1, -0.05) is 6.07 Å². The van der Waals surface area contributed by atoms with Gasteiger partial charge in [0, 0.05) is 88.0 Å². The Morgan fingerprint density at radius 2 is 2.03 bits per heavy atom. The van der Waals surface area contributed by atoms with Crippen molar-refractivity contribution in [3.05, 3.63) is 71.5 Å². The van der Waals surface area contributed by atoms with Gasteiger partial charge in [0.2, 0.25) is 5.88 Å². The highest BCUT2D eigenvalue weighted by atomic mass is 16.5. The van der Waals surface area contributed by atoms with Crippen LogP contribution in [0.4, 0.5) is 5.82 Å². The van der Waals surface area contributed by atoms with Crippen LogP contribution < -0.4 is 15.4 Å². The molecule has 38 heavy (non-hydrogen) atoms. The predicted octanol–water partition coefficient (Wildman–Crippen LogP) is 1.80. The highest BCUT2D eigenvalue weighted by Gasteiger charge is 2.38. The zero-order valence-electron chi connectivity index (χ0n) is 21.5. The first-order chi connectivity index (χ1) is 18.6. The van der Waals surface area contributed by atoms with E-state index in [-0.39, 0.29) is 6.04 Å². The van der Waals surface area contributed by atoms with E-state index in [2.05, 4.69) is 37.0 Å². The monoisotopic (exact) mass is 510 g/mol. The maximum Gasteiger partial charge on any atom is 0.212 e. The number of methoxy groups -OCH3 is 1. The molecule has 2 unspecified atom stereocenters. The normalized spacial score (nSPS) is 21.8. The van der Waals surface area contributed by atoms with Gasteiger partial charge in [0.15, 0.2) is 0 Å². The van der Waals surface area contributed by atoms with Crippen molar-refractivity contribution < 1.29 is 4.74 Å². The number of hydrogen-bond donors (Lipinski definition) is 1. The minimum Gasteiger partial charge on any atom is -0.481 e. The molecule has 2 N–H and O–H groups in total. The third kappa shape index (κ3) is 5.12. The molecule has 11 heteroatoms. The van der Waals surface area contributed by atoms with Crippen LogP contribution in [0.1, 0.15) is 11.1 Å². The molecule has 0 radical (unpaired) electrons. The van der Waals surface area contributed by atoms with Crippen LogP contribution in [0.15, 0.2) is 75.4 Å². The molecule has 0 amide bonds. The molecule has 0 aromatic carbocycles. The topological polar surface area (TPSA) is 132 Å². The molecule has 11 nitrogen and oxygen atoms in total. The van der Waals surface area contributed by atoms with Gasteiger partial charge in [-0.15, -0.1) is 0 Å². The highest BCUT2D eigenvalue weighted by Crippen LogP contribution is 2.30. The summed E-state index contributed by atoms with van der Waals surface area (Å²) in [4.78, 5) is 22.7. The maximum atomic E-state index is 9.70. The fraction of sp³-hybridized carbons (Fsp3) is 0.333. The minimum absolute atomic E-state index is 0.315. The van der Waals surface area contributed by atoms with Crippen molar-refractivity contribution in [2.24, 2.45) is 26.7 Å². The molecular formula is C27H30N10O. The van der Waals surface area contributed by atoms with Gasteiger partial charge in [-0.2, -0.15) is 10.4 Å². The van der Waals surface area contributed by atoms with Crippen molar-refractivity contribution in [2.45, 2.75) is 12.6 Å². The van der Waals surface area contributed by atoms with E-state index in [4.69, 9.17) is 20.4 Å². The first-order valence-electron chi connectivity index (χ1n) is 12.4. The van der Waals surface area contributed by atoms with Gasteiger partial charge in [-0.3, -0.25) is 14.9 Å². The molecule has 0 bridgehead atoms. The van der Waals surface area contributed by atoms with Gasteiger partial charge in [0.1, 0.15) is 17.8 Å². The van der Waals surface area contributed by atoms with Crippen LogP contribution >= 0.6 is 0 Å². The lowest BCUT2D eigenvalue weighted by Gasteiger charge is -2.35. The number of aromatic nitrogens is 2. The molecule has 1 fully saturated rings. The second-order valence-corrected chi connectivity index (χ2v) is 9.14. The Labute approximate surface area is 222 Å². The zero-order chi connectivity index (χ0) is 26.5. The maximum absolute atomic E-state index is 9.70. The molecule has 5 heterocycles. The van der Waals surface area contributed by atoms with E-state index in [0.29, 0.717) is 17.2 Å². The summed E-state index contributed by atoms with van der Waals surface area (Å²) in [5.41, 5.74) is 9.87. The van der Waals surface area contributed by atoms with Gasteiger partial charge < -0.3 is 15.4 Å². The average molecular weight is 511 g/mol. The third-order valence-electron chi connectivity index (χ3n) is 6.81. The van der Waals surface area contributed by atoms with Gasteiger partial charge in [0.05, 0.1) is 30.8 Å². The third-order valence-corrected chi connectivity index (χ3v) is 6.81. The van der Waals surface area contributed by atoms with E-state index in [1.807, 2.05) is 30.6 Å². The van der Waals surface area contributed by atoms with E-state index in [0.717, 1.165) is 49.8 Å². The van der Waals surface area contributed by atoms with Crippen molar-refractivity contribution in [1.82, 2.24) is 19.9 Å². The summed E-state index contributed by atoms with van der Waals surface area (Å²) in [6, 6.07) is 10.0. The number of piperazine rings is 1. The summed E-state index contributed by atoms with van der Waals surface area (Å²) < 4.78 is 5.15. The van der Waals surface area contributed by atoms with E-state index in [9.17, 15) is 5.26 Å². The molecule has 1 saturated heterocycles. The first-order valence-corrected chi connectivity index (χ1v) is 12.4. The standard InChI is InChI=1S/C27H30N10O/c1-30-14-21(11-28)23-18-37-27(22(12-29)16-33-37)26(34-23)20-4-5-24(31-15-20)36-9-7-35(8-10-36)17-19-3-6-25(38-2)32-13-19/h3-6,11,13-16,18,22,27H,7-10,17,28H2,1-2H3. The lowest BCUT2D eigenvalue weighted by molar-refractivity contribution is 0.249. The van der Waals surface area contributed by atoms with Crippen LogP contribution in [0.2, 0.25) is 0 Å². The number of nitrogens with two attached hydrogens (primary N) is 1. The molecule has 5 rings (SSSR count). The van der Waals surface area contributed by atoms with Gasteiger partial charge in [-0.05, 0) is 17.7 Å². The Morgan fingerprint density at radius 1 is 1.18 bits per heavy atom. The number of nitriles is 1. The summed E-state index contributed by atoms with van der Waals surface area (Å²) >= 11 is 0. The Bertz CT molecular complexity index is 1330. The Morgan fingerprint density at radius 3 is 2.66 bits per heavy atom. The lowest BCUT2D eigenvalue weighted by atomic mass is 9.93. The molecular weight excluding hydrogens is 480 g/mol. The minimum atomic E-state index is -0.412. The Kier molecular flexibility index (Phi) is 7.42. The van der Waals surface area contributed by atoms with Crippen molar-refractivity contribution >= 4 is 24.0 Å². The fourth-order valence-corrected chi connectivity index (χ4v) is 4.78.